The van der Waals surface area contributed by atoms with Crippen molar-refractivity contribution in [2.45, 2.75) is 6.92 Å². The maximum Gasteiger partial charge on any atom is 0.124 e. The Bertz CT molecular complexity index is 770. The van der Waals surface area contributed by atoms with E-state index in [0.717, 1.165) is 27.5 Å². The molecule has 0 aliphatic heterocycles. The molecular formula is C19H16O. The van der Waals surface area contributed by atoms with Gasteiger partial charge < -0.3 is 5.11 Å². The fourth-order valence-corrected chi connectivity index (χ4v) is 2.62. The summed E-state index contributed by atoms with van der Waals surface area (Å²) in [6.45, 7) is 2.00. The van der Waals surface area contributed by atoms with Crippen LogP contribution in [0.25, 0.3) is 16.3 Å². The summed E-state index contributed by atoms with van der Waals surface area (Å²) in [5, 5.41) is 12.5. The van der Waals surface area contributed by atoms with Gasteiger partial charge in [-0.05, 0) is 34.9 Å². The van der Waals surface area contributed by atoms with Crippen LogP contribution in [0.2, 0.25) is 0 Å². The number of phenolic OH excluding ortho intramolecular Hbond substituents is 1. The number of fused-ring (bicyclic) bond motifs is 1. The predicted molar refractivity (Wildman–Crippen MR) is 84.8 cm³/mol. The van der Waals surface area contributed by atoms with Crippen LogP contribution < -0.4 is 0 Å². The zero-order valence-corrected chi connectivity index (χ0v) is 11.4. The predicted octanol–water partition coefficient (Wildman–Crippen LogP) is 5.00. The number of hydrogen-bond acceptors (Lipinski definition) is 1. The first-order valence-electron chi connectivity index (χ1n) is 6.74. The van der Waals surface area contributed by atoms with Crippen LogP contribution >= 0.6 is 0 Å². The number of phenols is 1. The van der Waals surface area contributed by atoms with Crippen molar-refractivity contribution in [2.24, 2.45) is 0 Å². The van der Waals surface area contributed by atoms with Crippen molar-refractivity contribution in [1.82, 2.24) is 0 Å². The van der Waals surface area contributed by atoms with E-state index in [1.807, 2.05) is 43.3 Å². The van der Waals surface area contributed by atoms with Crippen LogP contribution in [-0.4, -0.2) is 5.11 Å². The Labute approximate surface area is 118 Å². The average molecular weight is 260 g/mol. The van der Waals surface area contributed by atoms with E-state index in [0.29, 0.717) is 5.75 Å². The zero-order valence-electron chi connectivity index (χ0n) is 11.4. The van der Waals surface area contributed by atoms with E-state index >= 15 is 0 Å². The third kappa shape index (κ3) is 2.08. The minimum absolute atomic E-state index is 0.320. The summed E-state index contributed by atoms with van der Waals surface area (Å²) in [5.41, 5.74) is 3.07. The van der Waals surface area contributed by atoms with Crippen molar-refractivity contribution in [3.05, 3.63) is 83.9 Å². The molecule has 1 heteroatoms. The fourth-order valence-electron chi connectivity index (χ4n) is 2.62. The van der Waals surface area contributed by atoms with Gasteiger partial charge in [-0.1, -0.05) is 66.7 Å². The van der Waals surface area contributed by atoms with E-state index in [9.17, 15) is 5.11 Å². The molecule has 0 aliphatic rings. The van der Waals surface area contributed by atoms with Gasteiger partial charge in [0, 0.05) is 5.56 Å². The Kier molecular flexibility index (Phi) is 3.26. The average Bonchev–Trinajstić information content (AvgIpc) is 2.51. The SMILES string of the molecule is C/C=C(/c1ccccc1)c1c(O)ccc2ccccc12. The maximum absolute atomic E-state index is 10.3. The van der Waals surface area contributed by atoms with Crippen molar-refractivity contribution in [1.29, 1.82) is 0 Å². The molecular weight excluding hydrogens is 244 g/mol. The third-order valence-electron chi connectivity index (χ3n) is 3.55. The lowest BCUT2D eigenvalue weighted by molar-refractivity contribution is 0.474. The molecule has 98 valence electrons. The molecule has 3 aromatic rings. The Morgan fingerprint density at radius 3 is 2.30 bits per heavy atom. The quantitative estimate of drug-likeness (QED) is 0.687. The second-order valence-corrected chi connectivity index (χ2v) is 4.75. The van der Waals surface area contributed by atoms with E-state index < -0.39 is 0 Å². The second-order valence-electron chi connectivity index (χ2n) is 4.75. The molecule has 3 aromatic carbocycles. The van der Waals surface area contributed by atoms with E-state index in [2.05, 4.69) is 30.3 Å². The molecule has 0 saturated carbocycles. The van der Waals surface area contributed by atoms with Gasteiger partial charge in [-0.3, -0.25) is 0 Å². The summed E-state index contributed by atoms with van der Waals surface area (Å²) >= 11 is 0. The van der Waals surface area contributed by atoms with Gasteiger partial charge in [-0.25, -0.2) is 0 Å². The molecule has 0 spiro atoms. The summed E-state index contributed by atoms with van der Waals surface area (Å²) in [6.07, 6.45) is 2.05. The molecule has 20 heavy (non-hydrogen) atoms. The Hall–Kier alpha value is -2.54. The van der Waals surface area contributed by atoms with Crippen LogP contribution in [0.3, 0.4) is 0 Å². The number of benzene rings is 3. The molecule has 0 unspecified atom stereocenters. The lowest BCUT2D eigenvalue weighted by Crippen LogP contribution is -1.90. The molecule has 0 saturated heterocycles. The summed E-state index contributed by atoms with van der Waals surface area (Å²) in [6, 6.07) is 22.0. The van der Waals surface area contributed by atoms with Crippen molar-refractivity contribution < 1.29 is 5.11 Å². The number of allylic oxidation sites excluding steroid dienone is 1. The molecule has 0 aromatic heterocycles. The van der Waals surface area contributed by atoms with Gasteiger partial charge in [-0.2, -0.15) is 0 Å². The van der Waals surface area contributed by atoms with Crippen LogP contribution in [0.4, 0.5) is 0 Å². The van der Waals surface area contributed by atoms with Gasteiger partial charge in [-0.15, -0.1) is 0 Å². The molecule has 3 rings (SSSR count). The number of hydrogen-bond donors (Lipinski definition) is 1. The molecule has 1 N–H and O–H groups in total. The minimum atomic E-state index is 0.320. The number of aromatic hydroxyl groups is 1. The topological polar surface area (TPSA) is 20.2 Å². The van der Waals surface area contributed by atoms with Gasteiger partial charge in [0.1, 0.15) is 5.75 Å². The fraction of sp³-hybridized carbons (Fsp3) is 0.0526. The second kappa shape index (κ2) is 5.22. The van der Waals surface area contributed by atoms with Gasteiger partial charge in [0.05, 0.1) is 0 Å². The lowest BCUT2D eigenvalue weighted by Gasteiger charge is -2.13. The Morgan fingerprint density at radius 1 is 0.850 bits per heavy atom. The van der Waals surface area contributed by atoms with Gasteiger partial charge in [0.25, 0.3) is 0 Å². The van der Waals surface area contributed by atoms with Crippen LogP contribution in [0, 0.1) is 0 Å². The van der Waals surface area contributed by atoms with Crippen molar-refractivity contribution in [3.63, 3.8) is 0 Å². The van der Waals surface area contributed by atoms with Crippen LogP contribution in [0.15, 0.2) is 72.8 Å². The van der Waals surface area contributed by atoms with Crippen molar-refractivity contribution in [3.8, 4) is 5.75 Å². The summed E-state index contributed by atoms with van der Waals surface area (Å²) in [5.74, 6) is 0.320. The van der Waals surface area contributed by atoms with Crippen molar-refractivity contribution in [2.75, 3.05) is 0 Å². The first-order valence-corrected chi connectivity index (χ1v) is 6.74. The monoisotopic (exact) mass is 260 g/mol. The maximum atomic E-state index is 10.3. The molecule has 0 amide bonds. The minimum Gasteiger partial charge on any atom is -0.507 e. The van der Waals surface area contributed by atoms with Gasteiger partial charge >= 0.3 is 0 Å². The molecule has 0 atom stereocenters. The number of rotatable bonds is 2. The van der Waals surface area contributed by atoms with Crippen molar-refractivity contribution >= 4 is 16.3 Å². The van der Waals surface area contributed by atoms with Gasteiger partial charge in [0.2, 0.25) is 0 Å². The standard InChI is InChI=1S/C19H16O/c1-2-16(14-8-4-3-5-9-14)19-17-11-7-6-10-15(17)12-13-18(19)20/h2-13,20H,1H3/b16-2-. The highest BCUT2D eigenvalue weighted by atomic mass is 16.3. The smallest absolute Gasteiger partial charge is 0.124 e. The zero-order chi connectivity index (χ0) is 13.9. The molecule has 0 heterocycles. The van der Waals surface area contributed by atoms with Crippen LogP contribution in [0.5, 0.6) is 5.75 Å². The summed E-state index contributed by atoms with van der Waals surface area (Å²) in [4.78, 5) is 0. The summed E-state index contributed by atoms with van der Waals surface area (Å²) < 4.78 is 0. The van der Waals surface area contributed by atoms with Gasteiger partial charge in [0.15, 0.2) is 0 Å². The Morgan fingerprint density at radius 2 is 1.55 bits per heavy atom. The van der Waals surface area contributed by atoms with E-state index in [4.69, 9.17) is 0 Å². The first-order chi connectivity index (χ1) is 9.81. The van der Waals surface area contributed by atoms with Crippen LogP contribution in [0.1, 0.15) is 18.1 Å². The highest BCUT2D eigenvalue weighted by Crippen LogP contribution is 2.36. The first kappa shape index (κ1) is 12.5. The normalized spacial score (nSPS) is 11.8. The van der Waals surface area contributed by atoms with E-state index in [1.54, 1.807) is 6.07 Å². The molecule has 0 radical (unpaired) electrons. The Balaban J connectivity index is 2.31. The highest BCUT2D eigenvalue weighted by Gasteiger charge is 2.12. The largest absolute Gasteiger partial charge is 0.507 e. The lowest BCUT2D eigenvalue weighted by atomic mass is 9.92. The van der Waals surface area contributed by atoms with Crippen LogP contribution in [-0.2, 0) is 0 Å². The molecule has 1 nitrogen and oxygen atoms in total. The van der Waals surface area contributed by atoms with E-state index in [-0.39, 0.29) is 0 Å². The van der Waals surface area contributed by atoms with E-state index in [1.165, 1.54) is 0 Å². The third-order valence-corrected chi connectivity index (χ3v) is 3.55. The highest BCUT2D eigenvalue weighted by molar-refractivity contribution is 6.00. The molecule has 0 bridgehead atoms. The summed E-state index contributed by atoms with van der Waals surface area (Å²) in [7, 11) is 0. The molecule has 0 aliphatic carbocycles. The molecule has 0 fully saturated rings.